The fourth-order valence-electron chi connectivity index (χ4n) is 3.77. The van der Waals surface area contributed by atoms with E-state index >= 15 is 0 Å². The van der Waals surface area contributed by atoms with E-state index in [2.05, 4.69) is 49.4 Å². The van der Waals surface area contributed by atoms with Gasteiger partial charge < -0.3 is 9.72 Å². The summed E-state index contributed by atoms with van der Waals surface area (Å²) in [6.45, 7) is 2.52. The molecule has 33 heavy (non-hydrogen) atoms. The lowest BCUT2D eigenvalue weighted by Gasteiger charge is -2.04. The van der Waals surface area contributed by atoms with Gasteiger partial charge >= 0.3 is 5.97 Å². The summed E-state index contributed by atoms with van der Waals surface area (Å²) >= 11 is 3.41. The van der Waals surface area contributed by atoms with E-state index in [1.807, 2.05) is 43.3 Å². The Labute approximate surface area is 198 Å². The van der Waals surface area contributed by atoms with Crippen molar-refractivity contribution >= 4 is 49.8 Å². The number of benzene rings is 2. The molecule has 164 valence electrons. The number of pyridine rings is 1. The molecule has 0 bridgehead atoms. The van der Waals surface area contributed by atoms with Crippen molar-refractivity contribution in [1.29, 1.82) is 0 Å². The number of hydrogen-bond donors (Lipinski definition) is 1. The first-order valence-electron chi connectivity index (χ1n) is 10.4. The molecule has 5 aromatic rings. The molecule has 8 heteroatoms. The predicted octanol–water partition coefficient (Wildman–Crippen LogP) is 5.18. The SMILES string of the molecule is Cc1nc(Cn2cc(COC(=O)/C=C/c3cccc(Br)c3)nn2)cc2c1[nH]c1ccccc12. The minimum absolute atomic E-state index is 0.0512. The van der Waals surface area contributed by atoms with Gasteiger partial charge in [-0.15, -0.1) is 5.10 Å². The van der Waals surface area contributed by atoms with Crippen LogP contribution in [0.3, 0.4) is 0 Å². The summed E-state index contributed by atoms with van der Waals surface area (Å²) in [6.07, 6.45) is 4.87. The van der Waals surface area contributed by atoms with E-state index in [9.17, 15) is 4.79 Å². The van der Waals surface area contributed by atoms with Crippen LogP contribution >= 0.6 is 15.9 Å². The number of fused-ring (bicyclic) bond motifs is 3. The Morgan fingerprint density at radius 3 is 2.88 bits per heavy atom. The molecule has 0 aliphatic rings. The molecule has 5 rings (SSSR count). The normalized spacial score (nSPS) is 11.6. The number of carbonyl (C=O) groups excluding carboxylic acids is 1. The van der Waals surface area contributed by atoms with Gasteiger partial charge in [0.2, 0.25) is 0 Å². The summed E-state index contributed by atoms with van der Waals surface area (Å²) in [5.41, 5.74) is 5.43. The van der Waals surface area contributed by atoms with Gasteiger partial charge in [-0.05, 0) is 42.8 Å². The van der Waals surface area contributed by atoms with Gasteiger partial charge in [-0.1, -0.05) is 51.5 Å². The first-order chi connectivity index (χ1) is 16.0. The maximum absolute atomic E-state index is 12.0. The number of aromatic nitrogens is 5. The van der Waals surface area contributed by atoms with Crippen LogP contribution in [0.2, 0.25) is 0 Å². The van der Waals surface area contributed by atoms with Crippen LogP contribution in [-0.2, 0) is 22.7 Å². The molecule has 3 aromatic heterocycles. The zero-order valence-electron chi connectivity index (χ0n) is 17.8. The van der Waals surface area contributed by atoms with Crippen molar-refractivity contribution in [1.82, 2.24) is 25.0 Å². The fourth-order valence-corrected chi connectivity index (χ4v) is 4.18. The highest BCUT2D eigenvalue weighted by molar-refractivity contribution is 9.10. The third-order valence-corrected chi connectivity index (χ3v) is 5.76. The summed E-state index contributed by atoms with van der Waals surface area (Å²) in [5.74, 6) is -0.438. The Bertz CT molecular complexity index is 1500. The third-order valence-electron chi connectivity index (χ3n) is 5.26. The highest BCUT2D eigenvalue weighted by Crippen LogP contribution is 2.27. The van der Waals surface area contributed by atoms with Crippen LogP contribution in [0.4, 0.5) is 0 Å². The number of carbonyl (C=O) groups is 1. The van der Waals surface area contributed by atoms with Crippen LogP contribution in [0.15, 0.2) is 71.3 Å². The van der Waals surface area contributed by atoms with E-state index in [0.29, 0.717) is 12.2 Å². The van der Waals surface area contributed by atoms with Gasteiger partial charge in [-0.25, -0.2) is 9.48 Å². The largest absolute Gasteiger partial charge is 0.456 e. The molecule has 0 fully saturated rings. The minimum atomic E-state index is -0.438. The molecular formula is C25H20BrN5O2. The lowest BCUT2D eigenvalue weighted by Crippen LogP contribution is -2.04. The van der Waals surface area contributed by atoms with Crippen molar-refractivity contribution in [3.05, 3.63) is 94.0 Å². The number of rotatable bonds is 6. The van der Waals surface area contributed by atoms with Crippen molar-refractivity contribution in [3.8, 4) is 0 Å². The molecule has 0 aliphatic heterocycles. The van der Waals surface area contributed by atoms with Crippen molar-refractivity contribution in [3.63, 3.8) is 0 Å². The lowest BCUT2D eigenvalue weighted by molar-refractivity contribution is -0.139. The molecule has 0 atom stereocenters. The molecule has 0 amide bonds. The molecular weight excluding hydrogens is 482 g/mol. The second-order valence-corrected chi connectivity index (χ2v) is 8.61. The van der Waals surface area contributed by atoms with Gasteiger partial charge in [-0.2, -0.15) is 0 Å². The van der Waals surface area contributed by atoms with E-state index in [1.54, 1.807) is 17.0 Å². The van der Waals surface area contributed by atoms with Gasteiger partial charge in [0.15, 0.2) is 0 Å². The van der Waals surface area contributed by atoms with Gasteiger partial charge in [0.25, 0.3) is 0 Å². The van der Waals surface area contributed by atoms with E-state index < -0.39 is 5.97 Å². The zero-order chi connectivity index (χ0) is 22.8. The smallest absolute Gasteiger partial charge is 0.331 e. The number of nitrogens with one attached hydrogen (secondary N) is 1. The Balaban J connectivity index is 1.25. The second kappa shape index (κ2) is 8.99. The topological polar surface area (TPSA) is 85.7 Å². The van der Waals surface area contributed by atoms with E-state index in [4.69, 9.17) is 9.72 Å². The molecule has 0 saturated carbocycles. The average molecular weight is 502 g/mol. The quantitative estimate of drug-likeness (QED) is 0.255. The summed E-state index contributed by atoms with van der Waals surface area (Å²) in [6, 6.07) is 17.9. The number of H-pyrrole nitrogens is 1. The average Bonchev–Trinajstić information content (AvgIpc) is 3.41. The molecule has 0 unspecified atom stereocenters. The number of nitrogens with zero attached hydrogens (tertiary/aromatic N) is 4. The first-order valence-corrected chi connectivity index (χ1v) is 11.2. The Morgan fingerprint density at radius 2 is 2.00 bits per heavy atom. The van der Waals surface area contributed by atoms with Gasteiger partial charge in [0.1, 0.15) is 12.3 Å². The van der Waals surface area contributed by atoms with Crippen molar-refractivity contribution < 1.29 is 9.53 Å². The molecule has 3 heterocycles. The molecule has 2 aromatic carbocycles. The van der Waals surface area contributed by atoms with Gasteiger partial charge in [-0.3, -0.25) is 4.98 Å². The van der Waals surface area contributed by atoms with Crippen LogP contribution in [0.1, 0.15) is 22.6 Å². The van der Waals surface area contributed by atoms with Crippen molar-refractivity contribution in [2.45, 2.75) is 20.1 Å². The maximum Gasteiger partial charge on any atom is 0.331 e. The third kappa shape index (κ3) is 4.70. The van der Waals surface area contributed by atoms with Crippen molar-refractivity contribution in [2.24, 2.45) is 0 Å². The number of para-hydroxylation sites is 1. The van der Waals surface area contributed by atoms with E-state index in [0.717, 1.165) is 37.8 Å². The van der Waals surface area contributed by atoms with E-state index in [-0.39, 0.29) is 6.61 Å². The molecule has 0 spiro atoms. The summed E-state index contributed by atoms with van der Waals surface area (Å²) < 4.78 is 7.93. The van der Waals surface area contributed by atoms with Crippen LogP contribution in [0, 0.1) is 6.92 Å². The maximum atomic E-state index is 12.0. The molecule has 0 aliphatic carbocycles. The predicted molar refractivity (Wildman–Crippen MR) is 130 cm³/mol. The van der Waals surface area contributed by atoms with Crippen LogP contribution in [0.25, 0.3) is 27.9 Å². The number of hydrogen-bond acceptors (Lipinski definition) is 5. The Hall–Kier alpha value is -3.78. The standard InChI is InChI=1S/C25H20BrN5O2/c1-16-25-22(21-7-2-3-8-23(21)28-25)12-19(27-16)13-31-14-20(29-30-31)15-33-24(32)10-9-17-5-4-6-18(26)11-17/h2-12,14,28H,13,15H2,1H3/b10-9+. The molecule has 0 radical (unpaired) electrons. The number of aryl methyl sites for hydroxylation is 1. The first kappa shape index (κ1) is 21.1. The van der Waals surface area contributed by atoms with Gasteiger partial charge in [0.05, 0.1) is 29.6 Å². The lowest BCUT2D eigenvalue weighted by atomic mass is 10.1. The minimum Gasteiger partial charge on any atom is -0.456 e. The highest BCUT2D eigenvalue weighted by atomic mass is 79.9. The fraction of sp³-hybridized carbons (Fsp3) is 0.120. The number of esters is 1. The van der Waals surface area contributed by atoms with Crippen LogP contribution in [-0.4, -0.2) is 30.9 Å². The van der Waals surface area contributed by atoms with Crippen molar-refractivity contribution in [2.75, 3.05) is 0 Å². The molecule has 7 nitrogen and oxygen atoms in total. The Morgan fingerprint density at radius 1 is 1.12 bits per heavy atom. The number of aromatic amines is 1. The highest BCUT2D eigenvalue weighted by Gasteiger charge is 2.11. The summed E-state index contributed by atoms with van der Waals surface area (Å²) in [5, 5.41) is 10.6. The van der Waals surface area contributed by atoms with Crippen LogP contribution in [0.5, 0.6) is 0 Å². The molecule has 0 saturated heterocycles. The monoisotopic (exact) mass is 501 g/mol. The van der Waals surface area contributed by atoms with Gasteiger partial charge in [0, 0.05) is 26.8 Å². The number of ether oxygens (including phenoxy) is 1. The van der Waals surface area contributed by atoms with E-state index in [1.165, 1.54) is 11.5 Å². The Kier molecular flexibility index (Phi) is 5.75. The molecule has 1 N–H and O–H groups in total. The zero-order valence-corrected chi connectivity index (χ0v) is 19.4. The summed E-state index contributed by atoms with van der Waals surface area (Å²) in [7, 11) is 0. The van der Waals surface area contributed by atoms with Crippen LogP contribution < -0.4 is 0 Å². The second-order valence-electron chi connectivity index (χ2n) is 7.70. The summed E-state index contributed by atoms with van der Waals surface area (Å²) in [4.78, 5) is 20.2. The number of halogens is 1.